The minimum Gasteiger partial charge on any atom is -0.376 e. The molecule has 2 rings (SSSR count). The van der Waals surface area contributed by atoms with Gasteiger partial charge in [-0.25, -0.2) is 0 Å². The Bertz CT molecular complexity index is 426. The first-order valence-electron chi connectivity index (χ1n) is 7.30. The van der Waals surface area contributed by atoms with E-state index in [-0.39, 0.29) is 24.4 Å². The highest BCUT2D eigenvalue weighted by atomic mass is 35.5. The Balaban J connectivity index is 0.00000220. The first-order valence-corrected chi connectivity index (χ1v) is 7.30. The van der Waals surface area contributed by atoms with E-state index in [0.29, 0.717) is 18.9 Å². The predicted molar refractivity (Wildman–Crippen MR) is 86.3 cm³/mol. The number of nitrogens with zero attached hydrogens (tertiary/aromatic N) is 1. The van der Waals surface area contributed by atoms with Gasteiger partial charge in [0.1, 0.15) is 0 Å². The molecule has 0 saturated carbocycles. The molecule has 2 unspecified atom stereocenters. The Kier molecular flexibility index (Phi) is 7.72. The third-order valence-electron chi connectivity index (χ3n) is 3.60. The largest absolute Gasteiger partial charge is 0.376 e. The van der Waals surface area contributed by atoms with E-state index in [1.807, 2.05) is 30.0 Å². The number of carbonyl (C=O) groups is 1. The number of halogens is 1. The van der Waals surface area contributed by atoms with Crippen molar-refractivity contribution in [2.45, 2.75) is 32.4 Å². The van der Waals surface area contributed by atoms with Crippen LogP contribution in [0.4, 0.5) is 0 Å². The number of hydrogen-bond donors (Lipinski definition) is 1. The third-order valence-corrected chi connectivity index (χ3v) is 3.60. The van der Waals surface area contributed by atoms with Crippen molar-refractivity contribution in [2.24, 2.45) is 11.7 Å². The van der Waals surface area contributed by atoms with E-state index < -0.39 is 0 Å². The molecule has 118 valence electrons. The van der Waals surface area contributed by atoms with Crippen LogP contribution in [0.25, 0.3) is 0 Å². The summed E-state index contributed by atoms with van der Waals surface area (Å²) in [5.41, 5.74) is 6.86. The second kappa shape index (κ2) is 9.03. The number of rotatable bonds is 6. The second-order valence-electron chi connectivity index (χ2n) is 5.68. The highest BCUT2D eigenvalue weighted by molar-refractivity contribution is 5.85. The molecule has 0 radical (unpaired) electrons. The first-order chi connectivity index (χ1) is 9.65. The van der Waals surface area contributed by atoms with Crippen LogP contribution in [-0.4, -0.2) is 36.5 Å². The topological polar surface area (TPSA) is 55.6 Å². The normalized spacial score (nSPS) is 19.1. The molecule has 0 bridgehead atoms. The van der Waals surface area contributed by atoms with E-state index in [4.69, 9.17) is 10.5 Å². The Labute approximate surface area is 133 Å². The van der Waals surface area contributed by atoms with Gasteiger partial charge in [-0.05, 0) is 18.9 Å². The lowest BCUT2D eigenvalue weighted by atomic mass is 10.1. The third kappa shape index (κ3) is 6.04. The average molecular weight is 313 g/mol. The van der Waals surface area contributed by atoms with Gasteiger partial charge >= 0.3 is 0 Å². The Morgan fingerprint density at radius 3 is 2.81 bits per heavy atom. The van der Waals surface area contributed by atoms with Crippen LogP contribution in [0, 0.1) is 5.92 Å². The predicted octanol–water partition coefficient (Wildman–Crippen LogP) is 2.21. The van der Waals surface area contributed by atoms with Crippen LogP contribution in [0.1, 0.15) is 25.3 Å². The van der Waals surface area contributed by atoms with Crippen LogP contribution in [0.5, 0.6) is 0 Å². The molecule has 5 heteroatoms. The standard InChI is InChI=1S/C16H24N2O2.ClH/c1-13(17)9-16(19)18-8-7-15(10-18)12-20-11-14-5-3-2-4-6-14;/h2-6,13,15H,7-12,17H2,1H3;1H. The number of ether oxygens (including phenoxy) is 1. The maximum Gasteiger partial charge on any atom is 0.224 e. The molecule has 2 N–H and O–H groups in total. The highest BCUT2D eigenvalue weighted by Crippen LogP contribution is 2.18. The van der Waals surface area contributed by atoms with Crippen LogP contribution in [0.3, 0.4) is 0 Å². The Hall–Kier alpha value is -1.10. The van der Waals surface area contributed by atoms with Crippen molar-refractivity contribution in [2.75, 3.05) is 19.7 Å². The van der Waals surface area contributed by atoms with Gasteiger partial charge in [-0.1, -0.05) is 30.3 Å². The molecule has 0 aromatic heterocycles. The maximum atomic E-state index is 11.9. The molecular weight excluding hydrogens is 288 g/mol. The molecule has 1 heterocycles. The SMILES string of the molecule is CC(N)CC(=O)N1CCC(COCc2ccccc2)C1.Cl. The van der Waals surface area contributed by atoms with Crippen molar-refractivity contribution in [3.05, 3.63) is 35.9 Å². The number of hydrogen-bond acceptors (Lipinski definition) is 3. The fourth-order valence-electron chi connectivity index (χ4n) is 2.52. The molecule has 0 spiro atoms. The Morgan fingerprint density at radius 2 is 2.14 bits per heavy atom. The second-order valence-corrected chi connectivity index (χ2v) is 5.68. The summed E-state index contributed by atoms with van der Waals surface area (Å²) in [6, 6.07) is 10.1. The summed E-state index contributed by atoms with van der Waals surface area (Å²) >= 11 is 0. The van der Waals surface area contributed by atoms with Crippen molar-refractivity contribution < 1.29 is 9.53 Å². The summed E-state index contributed by atoms with van der Waals surface area (Å²) in [6.45, 7) is 4.88. The zero-order valence-corrected chi connectivity index (χ0v) is 13.3. The van der Waals surface area contributed by atoms with Crippen LogP contribution >= 0.6 is 12.4 Å². The van der Waals surface area contributed by atoms with E-state index in [1.54, 1.807) is 0 Å². The van der Waals surface area contributed by atoms with E-state index in [1.165, 1.54) is 5.56 Å². The van der Waals surface area contributed by atoms with Crippen LogP contribution in [-0.2, 0) is 16.1 Å². The zero-order chi connectivity index (χ0) is 14.4. The minimum absolute atomic E-state index is 0. The fourth-order valence-corrected chi connectivity index (χ4v) is 2.52. The summed E-state index contributed by atoms with van der Waals surface area (Å²) < 4.78 is 5.75. The minimum atomic E-state index is -0.0594. The lowest BCUT2D eigenvalue weighted by Crippen LogP contribution is -2.33. The summed E-state index contributed by atoms with van der Waals surface area (Å²) in [4.78, 5) is 13.8. The summed E-state index contributed by atoms with van der Waals surface area (Å²) in [5, 5.41) is 0. The van der Waals surface area contributed by atoms with Crippen LogP contribution in [0.2, 0.25) is 0 Å². The molecule has 1 fully saturated rings. The highest BCUT2D eigenvalue weighted by Gasteiger charge is 2.26. The molecule has 1 saturated heterocycles. The van der Waals surface area contributed by atoms with Crippen molar-refractivity contribution in [1.82, 2.24) is 4.90 Å². The average Bonchev–Trinajstić information content (AvgIpc) is 2.88. The lowest BCUT2D eigenvalue weighted by Gasteiger charge is -2.17. The van der Waals surface area contributed by atoms with E-state index in [0.717, 1.165) is 26.1 Å². The number of benzene rings is 1. The van der Waals surface area contributed by atoms with Gasteiger partial charge in [0.15, 0.2) is 0 Å². The quantitative estimate of drug-likeness (QED) is 0.876. The van der Waals surface area contributed by atoms with Crippen molar-refractivity contribution in [1.29, 1.82) is 0 Å². The number of likely N-dealkylation sites (tertiary alicyclic amines) is 1. The van der Waals surface area contributed by atoms with Crippen LogP contribution < -0.4 is 5.73 Å². The Morgan fingerprint density at radius 1 is 1.43 bits per heavy atom. The molecule has 4 nitrogen and oxygen atoms in total. The van der Waals surface area contributed by atoms with Crippen molar-refractivity contribution >= 4 is 18.3 Å². The van der Waals surface area contributed by atoms with Crippen molar-refractivity contribution in [3.8, 4) is 0 Å². The van der Waals surface area contributed by atoms with E-state index >= 15 is 0 Å². The van der Waals surface area contributed by atoms with Crippen molar-refractivity contribution in [3.63, 3.8) is 0 Å². The van der Waals surface area contributed by atoms with Gasteiger partial charge in [0.2, 0.25) is 5.91 Å². The molecule has 1 aliphatic rings. The van der Waals surface area contributed by atoms with Gasteiger partial charge in [-0.15, -0.1) is 12.4 Å². The zero-order valence-electron chi connectivity index (χ0n) is 12.5. The fraction of sp³-hybridized carbons (Fsp3) is 0.562. The molecule has 1 aromatic rings. The molecule has 1 aliphatic heterocycles. The molecule has 1 aromatic carbocycles. The molecule has 1 amide bonds. The van der Waals surface area contributed by atoms with Gasteiger partial charge in [0.25, 0.3) is 0 Å². The molecular formula is C16H25ClN2O2. The molecule has 2 atom stereocenters. The van der Waals surface area contributed by atoms with Gasteiger partial charge in [-0.3, -0.25) is 4.79 Å². The molecule has 21 heavy (non-hydrogen) atoms. The summed E-state index contributed by atoms with van der Waals surface area (Å²) in [5.74, 6) is 0.626. The monoisotopic (exact) mass is 312 g/mol. The van der Waals surface area contributed by atoms with Gasteiger partial charge in [0, 0.05) is 31.5 Å². The van der Waals surface area contributed by atoms with Gasteiger partial charge in [0.05, 0.1) is 13.2 Å². The van der Waals surface area contributed by atoms with Gasteiger partial charge < -0.3 is 15.4 Å². The van der Waals surface area contributed by atoms with Crippen LogP contribution in [0.15, 0.2) is 30.3 Å². The maximum absolute atomic E-state index is 11.9. The van der Waals surface area contributed by atoms with E-state index in [2.05, 4.69) is 12.1 Å². The smallest absolute Gasteiger partial charge is 0.224 e. The van der Waals surface area contributed by atoms with E-state index in [9.17, 15) is 4.79 Å². The number of carbonyl (C=O) groups excluding carboxylic acids is 1. The lowest BCUT2D eigenvalue weighted by molar-refractivity contribution is -0.130. The summed E-state index contributed by atoms with van der Waals surface area (Å²) in [6.07, 6.45) is 1.47. The number of amides is 1. The summed E-state index contributed by atoms with van der Waals surface area (Å²) in [7, 11) is 0. The first kappa shape index (κ1) is 18.0. The molecule has 0 aliphatic carbocycles. The number of nitrogens with two attached hydrogens (primary N) is 1. The van der Waals surface area contributed by atoms with Gasteiger partial charge in [-0.2, -0.15) is 0 Å².